The second-order valence-electron chi connectivity index (χ2n) is 12.1. The van der Waals surface area contributed by atoms with E-state index in [9.17, 15) is 0 Å². The lowest BCUT2D eigenvalue weighted by atomic mass is 10.1. The van der Waals surface area contributed by atoms with Crippen LogP contribution in [-0.2, 0) is 19.4 Å². The van der Waals surface area contributed by atoms with Crippen LogP contribution in [0.4, 0.5) is 11.8 Å². The Bertz CT molecular complexity index is 1020. The number of ether oxygens (including phenoxy) is 1. The van der Waals surface area contributed by atoms with Crippen LogP contribution in [0.15, 0.2) is 24.3 Å². The molecule has 0 amide bonds. The van der Waals surface area contributed by atoms with E-state index in [1.165, 1.54) is 80.4 Å². The van der Waals surface area contributed by atoms with Gasteiger partial charge in [-0.3, -0.25) is 0 Å². The minimum Gasteiger partial charge on any atom is -0.494 e. The Kier molecular flexibility index (Phi) is 10.3. The van der Waals surface area contributed by atoms with Crippen LogP contribution in [-0.4, -0.2) is 67.3 Å². The number of fused-ring (bicyclic) bond motifs is 1. The molecule has 2 heterocycles. The predicted molar refractivity (Wildman–Crippen MR) is 161 cm³/mol. The number of nitrogens with one attached hydrogen (secondary N) is 2. The van der Waals surface area contributed by atoms with Gasteiger partial charge in [0.2, 0.25) is 5.95 Å². The summed E-state index contributed by atoms with van der Waals surface area (Å²) in [6.45, 7) is 4.95. The number of aryl methyl sites for hydroxylation is 1. The van der Waals surface area contributed by atoms with Crippen LogP contribution in [0.5, 0.6) is 5.75 Å². The number of hydrogen-bond donors (Lipinski definition) is 2. The topological polar surface area (TPSA) is 65.6 Å². The van der Waals surface area contributed by atoms with E-state index in [-0.39, 0.29) is 0 Å². The van der Waals surface area contributed by atoms with E-state index in [2.05, 4.69) is 58.8 Å². The van der Waals surface area contributed by atoms with Gasteiger partial charge in [0.15, 0.2) is 0 Å². The SMILES string of the molecule is CN(C)CCCOc1ccc(CNC2CCCC2Nc2nc3c(c(N4CCCCCC4)n2)CCCCC3)cc1. The summed E-state index contributed by atoms with van der Waals surface area (Å²) in [5.41, 5.74) is 4.04. The number of anilines is 2. The normalized spacial score (nSPS) is 21.9. The highest BCUT2D eigenvalue weighted by atomic mass is 16.5. The highest BCUT2D eigenvalue weighted by molar-refractivity contribution is 5.54. The largest absolute Gasteiger partial charge is 0.494 e. The molecule has 1 saturated carbocycles. The molecule has 39 heavy (non-hydrogen) atoms. The van der Waals surface area contributed by atoms with Gasteiger partial charge in [0, 0.05) is 43.8 Å². The molecule has 214 valence electrons. The van der Waals surface area contributed by atoms with E-state index in [0.717, 1.165) is 70.2 Å². The van der Waals surface area contributed by atoms with Crippen molar-refractivity contribution in [2.45, 2.75) is 102 Å². The average molecular weight is 535 g/mol. The van der Waals surface area contributed by atoms with Crippen LogP contribution in [0.3, 0.4) is 0 Å². The van der Waals surface area contributed by atoms with Gasteiger partial charge in [-0.15, -0.1) is 0 Å². The van der Waals surface area contributed by atoms with Crippen LogP contribution in [0, 0.1) is 0 Å². The Balaban J connectivity index is 1.20. The molecule has 2 atom stereocenters. The predicted octanol–water partition coefficient (Wildman–Crippen LogP) is 5.58. The summed E-state index contributed by atoms with van der Waals surface area (Å²) in [5, 5.41) is 7.64. The smallest absolute Gasteiger partial charge is 0.225 e. The Morgan fingerprint density at radius 1 is 0.872 bits per heavy atom. The fourth-order valence-corrected chi connectivity index (χ4v) is 6.43. The molecule has 2 fully saturated rings. The summed E-state index contributed by atoms with van der Waals surface area (Å²) in [5.74, 6) is 3.04. The number of nitrogens with zero attached hydrogens (tertiary/aromatic N) is 4. The van der Waals surface area contributed by atoms with Gasteiger partial charge >= 0.3 is 0 Å². The molecule has 2 aliphatic carbocycles. The molecule has 1 saturated heterocycles. The zero-order chi connectivity index (χ0) is 26.9. The first-order valence-corrected chi connectivity index (χ1v) is 15.7. The molecule has 2 N–H and O–H groups in total. The zero-order valence-electron chi connectivity index (χ0n) is 24.4. The van der Waals surface area contributed by atoms with Crippen molar-refractivity contribution in [2.24, 2.45) is 0 Å². The summed E-state index contributed by atoms with van der Waals surface area (Å²) in [4.78, 5) is 15.1. The number of aromatic nitrogens is 2. The third-order valence-electron chi connectivity index (χ3n) is 8.66. The summed E-state index contributed by atoms with van der Waals surface area (Å²) in [6.07, 6.45) is 15.9. The lowest BCUT2D eigenvalue weighted by molar-refractivity contribution is 0.281. The van der Waals surface area contributed by atoms with Gasteiger partial charge < -0.3 is 25.2 Å². The van der Waals surface area contributed by atoms with Gasteiger partial charge in [-0.1, -0.05) is 31.4 Å². The Morgan fingerprint density at radius 3 is 2.41 bits per heavy atom. The molecule has 7 heteroatoms. The number of benzene rings is 1. The number of rotatable bonds is 11. The van der Waals surface area contributed by atoms with E-state index in [0.29, 0.717) is 12.1 Å². The van der Waals surface area contributed by atoms with Gasteiger partial charge in [0.25, 0.3) is 0 Å². The van der Waals surface area contributed by atoms with Crippen LogP contribution in [0.2, 0.25) is 0 Å². The molecule has 1 aromatic heterocycles. The van der Waals surface area contributed by atoms with Gasteiger partial charge in [-0.25, -0.2) is 4.98 Å². The molecular weight excluding hydrogens is 484 g/mol. The van der Waals surface area contributed by atoms with Crippen molar-refractivity contribution < 1.29 is 4.74 Å². The van der Waals surface area contributed by atoms with Crippen molar-refractivity contribution in [1.82, 2.24) is 20.2 Å². The maximum absolute atomic E-state index is 5.91. The van der Waals surface area contributed by atoms with Crippen molar-refractivity contribution in [1.29, 1.82) is 0 Å². The van der Waals surface area contributed by atoms with E-state index in [1.54, 1.807) is 0 Å². The second-order valence-corrected chi connectivity index (χ2v) is 12.1. The summed E-state index contributed by atoms with van der Waals surface area (Å²) in [6, 6.07) is 9.38. The fraction of sp³-hybridized carbons (Fsp3) is 0.688. The molecule has 0 radical (unpaired) electrons. The van der Waals surface area contributed by atoms with E-state index in [4.69, 9.17) is 14.7 Å². The molecule has 5 rings (SSSR count). The molecule has 0 spiro atoms. The number of hydrogen-bond acceptors (Lipinski definition) is 7. The summed E-state index contributed by atoms with van der Waals surface area (Å²) >= 11 is 0. The van der Waals surface area contributed by atoms with Gasteiger partial charge in [-0.05, 0) is 96.0 Å². The van der Waals surface area contributed by atoms with Crippen molar-refractivity contribution in [3.8, 4) is 5.75 Å². The lowest BCUT2D eigenvalue weighted by Crippen LogP contribution is -2.40. The third-order valence-corrected chi connectivity index (χ3v) is 8.66. The van der Waals surface area contributed by atoms with E-state index >= 15 is 0 Å². The Labute approximate surface area is 236 Å². The fourth-order valence-electron chi connectivity index (χ4n) is 6.43. The monoisotopic (exact) mass is 534 g/mol. The minimum absolute atomic E-state index is 0.366. The van der Waals surface area contributed by atoms with Crippen molar-refractivity contribution in [3.05, 3.63) is 41.1 Å². The van der Waals surface area contributed by atoms with Crippen molar-refractivity contribution in [3.63, 3.8) is 0 Å². The van der Waals surface area contributed by atoms with Gasteiger partial charge in [0.05, 0.1) is 12.3 Å². The molecule has 7 nitrogen and oxygen atoms in total. The highest BCUT2D eigenvalue weighted by Gasteiger charge is 2.29. The molecule has 2 aromatic rings. The first-order valence-electron chi connectivity index (χ1n) is 15.7. The molecule has 3 aliphatic rings. The molecule has 0 bridgehead atoms. The van der Waals surface area contributed by atoms with Crippen LogP contribution in [0.1, 0.15) is 87.4 Å². The van der Waals surface area contributed by atoms with Crippen LogP contribution in [0.25, 0.3) is 0 Å². The first kappa shape index (κ1) is 28.2. The van der Waals surface area contributed by atoms with Gasteiger partial charge in [0.1, 0.15) is 11.6 Å². The maximum atomic E-state index is 5.91. The Morgan fingerprint density at radius 2 is 1.62 bits per heavy atom. The van der Waals surface area contributed by atoms with E-state index in [1.807, 2.05) is 0 Å². The summed E-state index contributed by atoms with van der Waals surface area (Å²) < 4.78 is 5.91. The van der Waals surface area contributed by atoms with Crippen LogP contribution >= 0.6 is 0 Å². The second kappa shape index (κ2) is 14.3. The highest BCUT2D eigenvalue weighted by Crippen LogP contribution is 2.31. The molecule has 2 unspecified atom stereocenters. The van der Waals surface area contributed by atoms with Gasteiger partial charge in [-0.2, -0.15) is 4.98 Å². The molecular formula is C32H50N6O. The molecule has 1 aromatic carbocycles. The zero-order valence-corrected chi connectivity index (χ0v) is 24.4. The standard InChI is InChI=1S/C32H50N6O/c1-37(2)20-11-23-39-26-18-16-25(17-19-26)24-33-29-14-10-15-30(29)35-32-34-28-13-7-5-6-12-27(28)31(36-32)38-21-8-3-4-9-22-38/h16-19,29-30,33H,3-15,20-24H2,1-2H3,(H,34,35,36). The van der Waals surface area contributed by atoms with Crippen LogP contribution < -0.4 is 20.3 Å². The average Bonchev–Trinajstić information content (AvgIpc) is 3.11. The van der Waals surface area contributed by atoms with Crippen molar-refractivity contribution in [2.75, 3.05) is 50.6 Å². The van der Waals surface area contributed by atoms with E-state index < -0.39 is 0 Å². The third kappa shape index (κ3) is 8.07. The van der Waals surface area contributed by atoms with Crippen molar-refractivity contribution >= 4 is 11.8 Å². The lowest BCUT2D eigenvalue weighted by Gasteiger charge is -2.27. The molecule has 1 aliphatic heterocycles. The summed E-state index contributed by atoms with van der Waals surface area (Å²) in [7, 11) is 4.20. The quantitative estimate of drug-likeness (QED) is 0.288. The Hall–Kier alpha value is -2.38. The first-order chi connectivity index (χ1) is 19.2. The minimum atomic E-state index is 0.366. The maximum Gasteiger partial charge on any atom is 0.225 e.